The maximum atomic E-state index is 13.8. The number of nitriles is 1. The zero-order chi connectivity index (χ0) is 18.9. The van der Waals surface area contributed by atoms with E-state index in [2.05, 4.69) is 15.6 Å². The fraction of sp³-hybridized carbons (Fsp3) is 0.500. The number of hydrogen-bond acceptors (Lipinski definition) is 4. The van der Waals surface area contributed by atoms with Crippen LogP contribution in [0.3, 0.4) is 0 Å². The number of ether oxygens (including phenoxy) is 1. The van der Waals surface area contributed by atoms with Crippen LogP contribution < -0.4 is 10.6 Å². The Balaban J connectivity index is 1.84. The Kier molecular flexibility index (Phi) is 7.21. The first-order valence-electron chi connectivity index (χ1n) is 8.64. The maximum Gasteiger partial charge on any atom is 0.409 e. The van der Waals surface area contributed by atoms with Crippen LogP contribution in [0, 0.1) is 17.1 Å². The van der Waals surface area contributed by atoms with Gasteiger partial charge in [0, 0.05) is 38.3 Å². The van der Waals surface area contributed by atoms with Gasteiger partial charge in [0.05, 0.1) is 18.2 Å². The maximum absolute atomic E-state index is 13.8. The van der Waals surface area contributed by atoms with Crippen molar-refractivity contribution in [3.8, 4) is 6.07 Å². The number of nitrogens with one attached hydrogen (secondary N) is 2. The number of rotatable bonds is 4. The van der Waals surface area contributed by atoms with Gasteiger partial charge < -0.3 is 20.3 Å². The van der Waals surface area contributed by atoms with E-state index in [-0.39, 0.29) is 24.5 Å². The predicted octanol–water partition coefficient (Wildman–Crippen LogP) is 1.98. The molecule has 1 fully saturated rings. The van der Waals surface area contributed by atoms with Crippen LogP contribution in [0.15, 0.2) is 23.2 Å². The Morgan fingerprint density at radius 2 is 2.19 bits per heavy atom. The number of benzene rings is 1. The second-order valence-electron chi connectivity index (χ2n) is 5.95. The van der Waals surface area contributed by atoms with Gasteiger partial charge in [-0.25, -0.2) is 9.18 Å². The number of amides is 1. The first-order chi connectivity index (χ1) is 12.6. The van der Waals surface area contributed by atoms with E-state index < -0.39 is 0 Å². The third-order valence-electron chi connectivity index (χ3n) is 4.21. The van der Waals surface area contributed by atoms with Crippen LogP contribution in [-0.4, -0.2) is 49.7 Å². The number of likely N-dealkylation sites (tertiary alicyclic amines) is 1. The molecule has 1 aromatic carbocycles. The Morgan fingerprint density at radius 1 is 1.46 bits per heavy atom. The molecule has 1 aliphatic heterocycles. The summed E-state index contributed by atoms with van der Waals surface area (Å²) in [5, 5.41) is 15.3. The Morgan fingerprint density at radius 3 is 2.81 bits per heavy atom. The summed E-state index contributed by atoms with van der Waals surface area (Å²) in [7, 11) is 1.64. The van der Waals surface area contributed by atoms with Gasteiger partial charge in [0.1, 0.15) is 5.82 Å². The molecule has 0 radical (unpaired) electrons. The summed E-state index contributed by atoms with van der Waals surface area (Å²) >= 11 is 0. The summed E-state index contributed by atoms with van der Waals surface area (Å²) in [6.45, 7) is 3.62. The highest BCUT2D eigenvalue weighted by Gasteiger charge is 2.24. The lowest BCUT2D eigenvalue weighted by atomic mass is 10.1. The average Bonchev–Trinajstić information content (AvgIpc) is 2.66. The molecule has 1 saturated heterocycles. The molecule has 8 heteroatoms. The minimum atomic E-state index is -0.366. The third-order valence-corrected chi connectivity index (χ3v) is 4.21. The number of halogens is 1. The van der Waals surface area contributed by atoms with Crippen molar-refractivity contribution >= 4 is 12.1 Å². The first-order valence-corrected chi connectivity index (χ1v) is 8.64. The quantitative estimate of drug-likeness (QED) is 0.632. The fourth-order valence-electron chi connectivity index (χ4n) is 2.77. The molecule has 2 rings (SSSR count). The number of nitrogens with zero attached hydrogens (tertiary/aromatic N) is 3. The summed E-state index contributed by atoms with van der Waals surface area (Å²) in [6, 6.07) is 6.43. The average molecular weight is 361 g/mol. The molecule has 0 bridgehead atoms. The van der Waals surface area contributed by atoms with E-state index in [0.29, 0.717) is 36.8 Å². The molecular formula is C18H24FN5O2. The molecular weight excluding hydrogens is 337 g/mol. The van der Waals surface area contributed by atoms with Crippen molar-refractivity contribution in [1.29, 1.82) is 5.26 Å². The van der Waals surface area contributed by atoms with Crippen molar-refractivity contribution < 1.29 is 13.9 Å². The van der Waals surface area contributed by atoms with Crippen LogP contribution in [0.4, 0.5) is 9.18 Å². The van der Waals surface area contributed by atoms with Crippen molar-refractivity contribution in [3.05, 3.63) is 35.1 Å². The molecule has 1 heterocycles. The van der Waals surface area contributed by atoms with Crippen LogP contribution in [0.5, 0.6) is 0 Å². The monoisotopic (exact) mass is 361 g/mol. The lowest BCUT2D eigenvalue weighted by molar-refractivity contribution is 0.0963. The number of carbonyl (C=O) groups is 1. The van der Waals surface area contributed by atoms with Gasteiger partial charge in [0.25, 0.3) is 0 Å². The summed E-state index contributed by atoms with van der Waals surface area (Å²) in [5.74, 6) is 0.191. The van der Waals surface area contributed by atoms with E-state index in [0.717, 1.165) is 12.8 Å². The van der Waals surface area contributed by atoms with Crippen LogP contribution in [0.2, 0.25) is 0 Å². The van der Waals surface area contributed by atoms with E-state index in [1.807, 2.05) is 6.07 Å². The zero-order valence-electron chi connectivity index (χ0n) is 15.1. The molecule has 1 aromatic rings. The minimum absolute atomic E-state index is 0.169. The molecule has 0 atom stereocenters. The van der Waals surface area contributed by atoms with E-state index in [4.69, 9.17) is 10.00 Å². The highest BCUT2D eigenvalue weighted by molar-refractivity contribution is 5.80. The lowest BCUT2D eigenvalue weighted by Crippen LogP contribution is -2.49. The van der Waals surface area contributed by atoms with Crippen LogP contribution >= 0.6 is 0 Å². The van der Waals surface area contributed by atoms with Gasteiger partial charge in [0.15, 0.2) is 5.96 Å². The molecule has 0 aliphatic carbocycles. The molecule has 0 unspecified atom stereocenters. The summed E-state index contributed by atoms with van der Waals surface area (Å²) in [4.78, 5) is 17.6. The Labute approximate surface area is 152 Å². The Bertz CT molecular complexity index is 693. The molecule has 1 aliphatic rings. The summed E-state index contributed by atoms with van der Waals surface area (Å²) in [5.41, 5.74) is 0.821. The topological polar surface area (TPSA) is 89.8 Å². The molecule has 140 valence electrons. The van der Waals surface area contributed by atoms with Crippen molar-refractivity contribution in [3.63, 3.8) is 0 Å². The normalized spacial score (nSPS) is 15.3. The predicted molar refractivity (Wildman–Crippen MR) is 96.1 cm³/mol. The first kappa shape index (κ1) is 19.5. The van der Waals surface area contributed by atoms with Gasteiger partial charge >= 0.3 is 6.09 Å². The van der Waals surface area contributed by atoms with Crippen LogP contribution in [0.1, 0.15) is 30.9 Å². The molecule has 2 N–H and O–H groups in total. The Hall–Kier alpha value is -2.82. The summed E-state index contributed by atoms with van der Waals surface area (Å²) < 4.78 is 18.9. The smallest absolute Gasteiger partial charge is 0.409 e. The van der Waals surface area contributed by atoms with Gasteiger partial charge in [0.2, 0.25) is 0 Å². The molecule has 7 nitrogen and oxygen atoms in total. The van der Waals surface area contributed by atoms with Gasteiger partial charge in [-0.3, -0.25) is 4.99 Å². The number of carbonyl (C=O) groups excluding carboxylic acids is 1. The minimum Gasteiger partial charge on any atom is -0.450 e. The van der Waals surface area contributed by atoms with Crippen molar-refractivity contribution in [2.75, 3.05) is 26.7 Å². The molecule has 26 heavy (non-hydrogen) atoms. The number of piperidine rings is 1. The largest absolute Gasteiger partial charge is 0.450 e. The number of aliphatic imine (C=N–C) groups is 1. The molecule has 0 aromatic heterocycles. The van der Waals surface area contributed by atoms with E-state index in [1.165, 1.54) is 18.2 Å². The number of guanidine groups is 1. The van der Waals surface area contributed by atoms with Gasteiger partial charge in [-0.15, -0.1) is 0 Å². The second kappa shape index (κ2) is 9.61. The molecule has 0 spiro atoms. The third kappa shape index (κ3) is 5.34. The van der Waals surface area contributed by atoms with E-state index in [9.17, 15) is 9.18 Å². The standard InChI is InChI=1S/C18H24FN5O2/c1-3-26-18(25)24-8-6-15(7-9-24)23-17(21-2)22-12-14-10-13(11-20)4-5-16(14)19/h4-5,10,15H,3,6-9,12H2,1-2H3,(H2,21,22,23). The molecule has 1 amide bonds. The van der Waals surface area contributed by atoms with Crippen molar-refractivity contribution in [2.24, 2.45) is 4.99 Å². The van der Waals surface area contributed by atoms with Crippen LogP contribution in [-0.2, 0) is 11.3 Å². The van der Waals surface area contributed by atoms with E-state index in [1.54, 1.807) is 18.9 Å². The molecule has 0 saturated carbocycles. The summed E-state index contributed by atoms with van der Waals surface area (Å²) in [6.07, 6.45) is 1.27. The van der Waals surface area contributed by atoms with Crippen molar-refractivity contribution in [1.82, 2.24) is 15.5 Å². The van der Waals surface area contributed by atoms with Crippen LogP contribution in [0.25, 0.3) is 0 Å². The second-order valence-corrected chi connectivity index (χ2v) is 5.95. The highest BCUT2D eigenvalue weighted by atomic mass is 19.1. The SMILES string of the molecule is CCOC(=O)N1CCC(NC(=NC)NCc2cc(C#N)ccc2F)CC1. The van der Waals surface area contributed by atoms with Gasteiger partial charge in [-0.05, 0) is 38.0 Å². The van der Waals surface area contributed by atoms with Gasteiger partial charge in [-0.1, -0.05) is 0 Å². The highest BCUT2D eigenvalue weighted by Crippen LogP contribution is 2.12. The zero-order valence-corrected chi connectivity index (χ0v) is 15.1. The van der Waals surface area contributed by atoms with E-state index >= 15 is 0 Å². The fourth-order valence-corrected chi connectivity index (χ4v) is 2.77. The van der Waals surface area contributed by atoms with Gasteiger partial charge in [-0.2, -0.15) is 5.26 Å². The lowest BCUT2D eigenvalue weighted by Gasteiger charge is -2.32. The number of hydrogen-bond donors (Lipinski definition) is 2. The van der Waals surface area contributed by atoms with Crippen molar-refractivity contribution in [2.45, 2.75) is 32.4 Å².